The number of hydrogen-bond acceptors (Lipinski definition) is 3. The van der Waals surface area contributed by atoms with Crippen LogP contribution in [0.1, 0.15) is 38.0 Å². The number of benzene rings is 1. The second kappa shape index (κ2) is 8.25. The summed E-state index contributed by atoms with van der Waals surface area (Å²) in [5.74, 6) is 0. The summed E-state index contributed by atoms with van der Waals surface area (Å²) in [4.78, 5) is 0. The average molecular weight is 252 g/mol. The molecule has 0 heterocycles. The highest BCUT2D eigenvalue weighted by molar-refractivity contribution is 5.24. The maximum atomic E-state index is 9.93. The van der Waals surface area contributed by atoms with Crippen molar-refractivity contribution in [1.82, 2.24) is 0 Å². The molecule has 0 aromatic heterocycles. The van der Waals surface area contributed by atoms with Crippen LogP contribution in [0.2, 0.25) is 0 Å². The zero-order chi connectivity index (χ0) is 13.4. The van der Waals surface area contributed by atoms with Gasteiger partial charge in [0, 0.05) is 0 Å². The predicted molar refractivity (Wildman–Crippen MR) is 72.7 cm³/mol. The predicted octanol–water partition coefficient (Wildman–Crippen LogP) is 2.72. The van der Waals surface area contributed by atoms with Crippen LogP contribution in [0.5, 0.6) is 0 Å². The molecule has 1 unspecified atom stereocenters. The molecule has 0 aliphatic rings. The second-order valence-corrected chi connectivity index (χ2v) is 4.61. The van der Waals surface area contributed by atoms with Crippen molar-refractivity contribution in [2.24, 2.45) is 0 Å². The summed E-state index contributed by atoms with van der Waals surface area (Å²) < 4.78 is 10.7. The normalized spacial score (nSPS) is 12.9. The molecule has 1 atom stereocenters. The molecular weight excluding hydrogens is 228 g/mol. The minimum Gasteiger partial charge on any atom is -0.386 e. The van der Waals surface area contributed by atoms with Gasteiger partial charge in [-0.05, 0) is 31.4 Å². The molecule has 0 aliphatic carbocycles. The summed E-state index contributed by atoms with van der Waals surface area (Å²) >= 11 is 0. The van der Waals surface area contributed by atoms with Crippen molar-refractivity contribution in [3.63, 3.8) is 0 Å². The summed E-state index contributed by atoms with van der Waals surface area (Å²) in [7, 11) is 0. The van der Waals surface area contributed by atoms with Crippen LogP contribution in [0.15, 0.2) is 24.3 Å². The lowest BCUT2D eigenvalue weighted by molar-refractivity contribution is -0.0110. The van der Waals surface area contributed by atoms with E-state index in [0.29, 0.717) is 19.8 Å². The quantitative estimate of drug-likeness (QED) is 0.723. The first-order chi connectivity index (χ1) is 8.63. The van der Waals surface area contributed by atoms with Crippen molar-refractivity contribution in [3.05, 3.63) is 35.4 Å². The van der Waals surface area contributed by atoms with E-state index in [2.05, 4.69) is 6.92 Å². The lowest BCUT2D eigenvalue weighted by atomic mass is 10.1. The first-order valence-electron chi connectivity index (χ1n) is 6.59. The first-order valence-corrected chi connectivity index (χ1v) is 6.59. The van der Waals surface area contributed by atoms with E-state index in [1.165, 1.54) is 5.56 Å². The van der Waals surface area contributed by atoms with Crippen LogP contribution in [-0.4, -0.2) is 31.0 Å². The third-order valence-corrected chi connectivity index (χ3v) is 2.73. The molecule has 0 amide bonds. The number of hydrogen-bond donors (Lipinski definition) is 1. The van der Waals surface area contributed by atoms with E-state index in [0.717, 1.165) is 12.0 Å². The van der Waals surface area contributed by atoms with Crippen LogP contribution in [0, 0.1) is 0 Å². The summed E-state index contributed by atoms with van der Waals surface area (Å²) in [5.41, 5.74) is 2.18. The lowest BCUT2D eigenvalue weighted by Crippen LogP contribution is -2.13. The van der Waals surface area contributed by atoms with E-state index in [4.69, 9.17) is 9.47 Å². The molecule has 0 saturated carbocycles. The van der Waals surface area contributed by atoms with Gasteiger partial charge in [-0.1, -0.05) is 31.2 Å². The third kappa shape index (κ3) is 5.63. The molecule has 1 aromatic carbocycles. The molecule has 1 N–H and O–H groups in total. The van der Waals surface area contributed by atoms with Crippen LogP contribution in [0.3, 0.4) is 0 Å². The van der Waals surface area contributed by atoms with Gasteiger partial charge in [0.25, 0.3) is 0 Å². The van der Waals surface area contributed by atoms with Crippen LogP contribution in [0.25, 0.3) is 0 Å². The Kier molecular flexibility index (Phi) is 6.94. The van der Waals surface area contributed by atoms with Gasteiger partial charge in [-0.15, -0.1) is 0 Å². The summed E-state index contributed by atoms with van der Waals surface area (Å²) in [5, 5.41) is 9.93. The largest absolute Gasteiger partial charge is 0.386 e. The highest BCUT2D eigenvalue weighted by Gasteiger charge is 2.07. The lowest BCUT2D eigenvalue weighted by Gasteiger charge is -2.13. The highest BCUT2D eigenvalue weighted by Crippen LogP contribution is 2.14. The van der Waals surface area contributed by atoms with E-state index in [-0.39, 0.29) is 6.10 Å². The molecule has 0 bridgehead atoms. The highest BCUT2D eigenvalue weighted by atomic mass is 16.5. The Morgan fingerprint density at radius 3 is 2.33 bits per heavy atom. The van der Waals surface area contributed by atoms with Gasteiger partial charge in [-0.3, -0.25) is 0 Å². The van der Waals surface area contributed by atoms with Crippen LogP contribution in [-0.2, 0) is 15.9 Å². The van der Waals surface area contributed by atoms with Gasteiger partial charge in [0.15, 0.2) is 0 Å². The Morgan fingerprint density at radius 1 is 1.11 bits per heavy atom. The van der Waals surface area contributed by atoms with Crippen molar-refractivity contribution in [2.75, 3.05) is 19.8 Å². The standard InChI is InChI=1S/C15H24O3/c1-4-13-5-7-14(8-6-13)15(16)11-17-9-10-18-12(2)3/h5-8,12,15-16H,4,9-11H2,1-3H3. The molecule has 3 nitrogen and oxygen atoms in total. The molecule has 0 spiro atoms. The first kappa shape index (κ1) is 15.2. The Labute approximate surface area is 110 Å². The molecule has 0 radical (unpaired) electrons. The minimum absolute atomic E-state index is 0.222. The molecule has 0 aliphatic heterocycles. The minimum atomic E-state index is -0.560. The fraction of sp³-hybridized carbons (Fsp3) is 0.600. The molecule has 18 heavy (non-hydrogen) atoms. The van der Waals surface area contributed by atoms with E-state index >= 15 is 0 Å². The van der Waals surface area contributed by atoms with Crippen LogP contribution < -0.4 is 0 Å². The van der Waals surface area contributed by atoms with E-state index in [1.54, 1.807) is 0 Å². The fourth-order valence-corrected chi connectivity index (χ4v) is 1.61. The summed E-state index contributed by atoms with van der Waals surface area (Å²) in [6.07, 6.45) is 0.675. The monoisotopic (exact) mass is 252 g/mol. The van der Waals surface area contributed by atoms with Gasteiger partial charge < -0.3 is 14.6 Å². The Balaban J connectivity index is 2.25. The molecular formula is C15H24O3. The number of aliphatic hydroxyl groups excluding tert-OH is 1. The zero-order valence-corrected chi connectivity index (χ0v) is 11.6. The summed E-state index contributed by atoms with van der Waals surface area (Å²) in [6, 6.07) is 8.00. The van der Waals surface area contributed by atoms with Gasteiger partial charge >= 0.3 is 0 Å². The number of ether oxygens (including phenoxy) is 2. The SMILES string of the molecule is CCc1ccc(C(O)COCCOC(C)C)cc1. The molecule has 1 rings (SSSR count). The van der Waals surface area contributed by atoms with Crippen molar-refractivity contribution in [2.45, 2.75) is 39.4 Å². The van der Waals surface area contributed by atoms with Crippen molar-refractivity contribution >= 4 is 0 Å². The van der Waals surface area contributed by atoms with Gasteiger partial charge in [-0.25, -0.2) is 0 Å². The van der Waals surface area contributed by atoms with Crippen LogP contribution in [0.4, 0.5) is 0 Å². The number of aliphatic hydroxyl groups is 1. The van der Waals surface area contributed by atoms with Crippen molar-refractivity contribution in [1.29, 1.82) is 0 Å². The topological polar surface area (TPSA) is 38.7 Å². The van der Waals surface area contributed by atoms with Gasteiger partial charge in [0.05, 0.1) is 25.9 Å². The maximum Gasteiger partial charge on any atom is 0.102 e. The van der Waals surface area contributed by atoms with Crippen LogP contribution >= 0.6 is 0 Å². The number of rotatable bonds is 8. The van der Waals surface area contributed by atoms with Gasteiger partial charge in [0.2, 0.25) is 0 Å². The van der Waals surface area contributed by atoms with Gasteiger partial charge in [0.1, 0.15) is 6.10 Å². The Morgan fingerprint density at radius 2 is 1.78 bits per heavy atom. The molecule has 3 heteroatoms. The van der Waals surface area contributed by atoms with E-state index in [9.17, 15) is 5.11 Å². The smallest absolute Gasteiger partial charge is 0.102 e. The molecule has 0 fully saturated rings. The second-order valence-electron chi connectivity index (χ2n) is 4.61. The Bertz CT molecular complexity index is 319. The average Bonchev–Trinajstić information content (AvgIpc) is 2.38. The molecule has 1 aromatic rings. The fourth-order valence-electron chi connectivity index (χ4n) is 1.61. The third-order valence-electron chi connectivity index (χ3n) is 2.73. The van der Waals surface area contributed by atoms with Crippen molar-refractivity contribution in [3.8, 4) is 0 Å². The van der Waals surface area contributed by atoms with Gasteiger partial charge in [-0.2, -0.15) is 0 Å². The van der Waals surface area contributed by atoms with Crippen molar-refractivity contribution < 1.29 is 14.6 Å². The van der Waals surface area contributed by atoms with E-state index in [1.807, 2.05) is 38.1 Å². The number of aryl methyl sites for hydroxylation is 1. The molecule has 102 valence electrons. The Hall–Kier alpha value is -0.900. The summed E-state index contributed by atoms with van der Waals surface area (Å²) in [6.45, 7) is 7.49. The zero-order valence-electron chi connectivity index (χ0n) is 11.6. The molecule has 0 saturated heterocycles. The van der Waals surface area contributed by atoms with E-state index < -0.39 is 6.10 Å². The maximum absolute atomic E-state index is 9.93.